The molecule has 0 aliphatic rings. The van der Waals surface area contributed by atoms with Gasteiger partial charge in [0.2, 0.25) is 0 Å². The summed E-state index contributed by atoms with van der Waals surface area (Å²) in [6, 6.07) is 12.3. The number of benzene rings is 2. The first-order chi connectivity index (χ1) is 7.20. The van der Waals surface area contributed by atoms with Crippen LogP contribution in [0, 0.1) is 12.7 Å². The van der Waals surface area contributed by atoms with Crippen LogP contribution in [0.4, 0.5) is 10.1 Å². The summed E-state index contributed by atoms with van der Waals surface area (Å²) in [5, 5.41) is 0. The van der Waals surface area contributed by atoms with Gasteiger partial charge in [0.15, 0.2) is 0 Å². The molecule has 0 unspecified atom stereocenters. The maximum atomic E-state index is 13.5. The lowest BCUT2D eigenvalue weighted by Crippen LogP contribution is -1.93. The van der Waals surface area contributed by atoms with Crippen LogP contribution in [0.3, 0.4) is 0 Å². The number of nitrogens with two attached hydrogens (primary N) is 1. The van der Waals surface area contributed by atoms with Crippen molar-refractivity contribution in [2.24, 2.45) is 0 Å². The first-order valence-electron chi connectivity index (χ1n) is 4.80. The van der Waals surface area contributed by atoms with Crippen LogP contribution in [0.1, 0.15) is 5.56 Å². The average molecular weight is 201 g/mol. The van der Waals surface area contributed by atoms with E-state index < -0.39 is 0 Å². The minimum Gasteiger partial charge on any atom is -0.398 e. The zero-order chi connectivity index (χ0) is 10.8. The molecule has 0 bridgehead atoms. The predicted molar refractivity (Wildman–Crippen MR) is 61.0 cm³/mol. The Kier molecular flexibility index (Phi) is 2.42. The van der Waals surface area contributed by atoms with Crippen molar-refractivity contribution in [3.8, 4) is 11.1 Å². The zero-order valence-corrected chi connectivity index (χ0v) is 8.50. The zero-order valence-electron chi connectivity index (χ0n) is 8.50. The number of halogens is 1. The van der Waals surface area contributed by atoms with Crippen molar-refractivity contribution in [1.82, 2.24) is 0 Å². The summed E-state index contributed by atoms with van der Waals surface area (Å²) in [5.41, 5.74) is 8.85. The van der Waals surface area contributed by atoms with Gasteiger partial charge < -0.3 is 5.73 Å². The standard InChI is InChI=1S/C13H12FN/c1-9-10(6-4-8-13(9)15)11-5-2-3-7-12(11)14/h2-8H,15H2,1H3. The molecule has 0 spiro atoms. The van der Waals surface area contributed by atoms with Crippen molar-refractivity contribution in [3.05, 3.63) is 53.8 Å². The van der Waals surface area contributed by atoms with Crippen LogP contribution in [0.15, 0.2) is 42.5 Å². The van der Waals surface area contributed by atoms with Crippen LogP contribution in [-0.4, -0.2) is 0 Å². The second kappa shape index (κ2) is 3.73. The van der Waals surface area contributed by atoms with E-state index in [0.717, 1.165) is 11.1 Å². The smallest absolute Gasteiger partial charge is 0.131 e. The van der Waals surface area contributed by atoms with Gasteiger partial charge in [-0.25, -0.2) is 4.39 Å². The van der Waals surface area contributed by atoms with E-state index >= 15 is 0 Å². The number of anilines is 1. The number of nitrogen functional groups attached to an aromatic ring is 1. The third kappa shape index (κ3) is 1.71. The van der Waals surface area contributed by atoms with Gasteiger partial charge in [-0.05, 0) is 30.2 Å². The Labute approximate surface area is 88.4 Å². The maximum absolute atomic E-state index is 13.5. The van der Waals surface area contributed by atoms with Crippen LogP contribution in [0.2, 0.25) is 0 Å². The SMILES string of the molecule is Cc1c(N)cccc1-c1ccccc1F. The molecule has 76 valence electrons. The molecule has 0 radical (unpaired) electrons. The molecule has 0 aromatic heterocycles. The van der Waals surface area contributed by atoms with Crippen molar-refractivity contribution in [2.75, 3.05) is 5.73 Å². The second-order valence-electron chi connectivity index (χ2n) is 3.50. The molecule has 2 heteroatoms. The molecule has 2 aromatic carbocycles. The van der Waals surface area contributed by atoms with Crippen molar-refractivity contribution < 1.29 is 4.39 Å². The van der Waals surface area contributed by atoms with E-state index in [2.05, 4.69) is 0 Å². The fourth-order valence-corrected chi connectivity index (χ4v) is 1.62. The van der Waals surface area contributed by atoms with Crippen LogP contribution < -0.4 is 5.73 Å². The van der Waals surface area contributed by atoms with Crippen molar-refractivity contribution in [2.45, 2.75) is 6.92 Å². The van der Waals surface area contributed by atoms with Crippen LogP contribution in [-0.2, 0) is 0 Å². The summed E-state index contributed by atoms with van der Waals surface area (Å²) in [6.45, 7) is 1.90. The Morgan fingerprint density at radius 3 is 2.33 bits per heavy atom. The number of hydrogen-bond donors (Lipinski definition) is 1. The molecule has 1 nitrogen and oxygen atoms in total. The highest BCUT2D eigenvalue weighted by Crippen LogP contribution is 2.28. The van der Waals surface area contributed by atoms with E-state index in [1.54, 1.807) is 12.1 Å². The van der Waals surface area contributed by atoms with E-state index in [9.17, 15) is 4.39 Å². The summed E-state index contributed by atoms with van der Waals surface area (Å²) in [5.74, 6) is -0.216. The number of rotatable bonds is 1. The second-order valence-corrected chi connectivity index (χ2v) is 3.50. The van der Waals surface area contributed by atoms with Gasteiger partial charge >= 0.3 is 0 Å². The monoisotopic (exact) mass is 201 g/mol. The fourth-order valence-electron chi connectivity index (χ4n) is 1.62. The van der Waals surface area contributed by atoms with Gasteiger partial charge in [-0.2, -0.15) is 0 Å². The van der Waals surface area contributed by atoms with Crippen molar-refractivity contribution >= 4 is 5.69 Å². The Balaban J connectivity index is 2.65. The van der Waals surface area contributed by atoms with Crippen molar-refractivity contribution in [3.63, 3.8) is 0 Å². The average Bonchev–Trinajstić information content (AvgIpc) is 2.23. The fraction of sp³-hybridized carbons (Fsp3) is 0.0769. The normalized spacial score (nSPS) is 10.3. The Morgan fingerprint density at radius 1 is 0.933 bits per heavy atom. The van der Waals surface area contributed by atoms with Crippen LogP contribution in [0.25, 0.3) is 11.1 Å². The maximum Gasteiger partial charge on any atom is 0.131 e. The van der Waals surface area contributed by atoms with Crippen LogP contribution in [0.5, 0.6) is 0 Å². The van der Waals surface area contributed by atoms with E-state index in [0.29, 0.717) is 11.3 Å². The molecule has 0 fully saturated rings. The van der Waals surface area contributed by atoms with Gasteiger partial charge in [-0.3, -0.25) is 0 Å². The third-order valence-electron chi connectivity index (χ3n) is 2.54. The summed E-state index contributed by atoms with van der Waals surface area (Å²) >= 11 is 0. The molecular formula is C13H12FN. The molecule has 2 N–H and O–H groups in total. The van der Waals surface area contributed by atoms with Gasteiger partial charge in [0, 0.05) is 11.3 Å². The summed E-state index contributed by atoms with van der Waals surface area (Å²) < 4.78 is 13.5. The summed E-state index contributed by atoms with van der Waals surface area (Å²) in [4.78, 5) is 0. The lowest BCUT2D eigenvalue weighted by Gasteiger charge is -2.08. The predicted octanol–water partition coefficient (Wildman–Crippen LogP) is 3.38. The Bertz CT molecular complexity index is 492. The molecule has 0 heterocycles. The lowest BCUT2D eigenvalue weighted by atomic mass is 9.99. The summed E-state index contributed by atoms with van der Waals surface area (Å²) in [6.07, 6.45) is 0. The quantitative estimate of drug-likeness (QED) is 0.703. The molecule has 15 heavy (non-hydrogen) atoms. The van der Waals surface area contributed by atoms with Crippen LogP contribution >= 0.6 is 0 Å². The first kappa shape index (κ1) is 9.71. The molecule has 2 rings (SSSR count). The Morgan fingerprint density at radius 2 is 1.60 bits per heavy atom. The highest BCUT2D eigenvalue weighted by atomic mass is 19.1. The highest BCUT2D eigenvalue weighted by Gasteiger charge is 2.07. The van der Waals surface area contributed by atoms with E-state index in [1.165, 1.54) is 6.07 Å². The lowest BCUT2D eigenvalue weighted by molar-refractivity contribution is 0.631. The number of hydrogen-bond acceptors (Lipinski definition) is 1. The van der Waals surface area contributed by atoms with Gasteiger partial charge in [0.25, 0.3) is 0 Å². The van der Waals surface area contributed by atoms with E-state index in [-0.39, 0.29) is 5.82 Å². The third-order valence-corrected chi connectivity index (χ3v) is 2.54. The van der Waals surface area contributed by atoms with Gasteiger partial charge in [0.1, 0.15) is 5.82 Å². The van der Waals surface area contributed by atoms with E-state index in [4.69, 9.17) is 5.73 Å². The highest BCUT2D eigenvalue weighted by molar-refractivity contribution is 5.72. The van der Waals surface area contributed by atoms with Crippen molar-refractivity contribution in [1.29, 1.82) is 0 Å². The molecular weight excluding hydrogens is 189 g/mol. The van der Waals surface area contributed by atoms with Gasteiger partial charge in [0.05, 0.1) is 0 Å². The van der Waals surface area contributed by atoms with Gasteiger partial charge in [-0.1, -0.05) is 30.3 Å². The van der Waals surface area contributed by atoms with Gasteiger partial charge in [-0.15, -0.1) is 0 Å². The topological polar surface area (TPSA) is 26.0 Å². The molecule has 0 amide bonds. The summed E-state index contributed by atoms with van der Waals surface area (Å²) in [7, 11) is 0. The molecule has 0 atom stereocenters. The molecule has 0 saturated carbocycles. The molecule has 2 aromatic rings. The molecule has 0 aliphatic carbocycles. The Hall–Kier alpha value is -1.83. The minimum absolute atomic E-state index is 0.216. The molecule has 0 aliphatic heterocycles. The first-order valence-corrected chi connectivity index (χ1v) is 4.80. The minimum atomic E-state index is -0.216. The molecule has 0 saturated heterocycles. The largest absolute Gasteiger partial charge is 0.398 e. The van der Waals surface area contributed by atoms with E-state index in [1.807, 2.05) is 31.2 Å².